The van der Waals surface area contributed by atoms with Crippen molar-refractivity contribution in [2.75, 3.05) is 40.1 Å². The van der Waals surface area contributed by atoms with Gasteiger partial charge in [-0.05, 0) is 18.8 Å². The van der Waals surface area contributed by atoms with E-state index in [1.165, 1.54) is 0 Å². The first kappa shape index (κ1) is 14.9. The third-order valence-electron chi connectivity index (χ3n) is 3.25. The molecule has 0 atom stereocenters. The molecule has 1 aliphatic rings. The molecule has 1 aromatic rings. The maximum absolute atomic E-state index is 9.68. The van der Waals surface area contributed by atoms with Crippen molar-refractivity contribution in [3.63, 3.8) is 0 Å². The van der Waals surface area contributed by atoms with Crippen molar-refractivity contribution >= 4 is 0 Å². The summed E-state index contributed by atoms with van der Waals surface area (Å²) < 4.78 is 21.5. The molecule has 20 heavy (non-hydrogen) atoms. The van der Waals surface area contributed by atoms with Crippen LogP contribution in [0, 0.1) is 5.92 Å². The smallest absolute Gasteiger partial charge is 0.126 e. The molecule has 112 valence electrons. The first-order chi connectivity index (χ1) is 9.78. The van der Waals surface area contributed by atoms with Crippen LogP contribution in [0.1, 0.15) is 12.8 Å². The molecule has 0 amide bonds. The van der Waals surface area contributed by atoms with Crippen LogP contribution in [-0.2, 0) is 9.47 Å². The van der Waals surface area contributed by atoms with Gasteiger partial charge in [-0.3, -0.25) is 0 Å². The molecule has 1 aromatic carbocycles. The van der Waals surface area contributed by atoms with Gasteiger partial charge in [0.25, 0.3) is 0 Å². The van der Waals surface area contributed by atoms with Crippen LogP contribution in [0.3, 0.4) is 0 Å². The predicted molar refractivity (Wildman–Crippen MR) is 74.5 cm³/mol. The highest BCUT2D eigenvalue weighted by Crippen LogP contribution is 2.28. The van der Waals surface area contributed by atoms with Gasteiger partial charge in [0, 0.05) is 38.5 Å². The van der Waals surface area contributed by atoms with E-state index in [1.807, 2.05) is 0 Å². The van der Waals surface area contributed by atoms with Crippen LogP contribution in [0.5, 0.6) is 17.2 Å². The van der Waals surface area contributed by atoms with Crippen molar-refractivity contribution in [3.05, 3.63) is 18.2 Å². The van der Waals surface area contributed by atoms with Crippen LogP contribution < -0.4 is 9.47 Å². The Morgan fingerprint density at radius 3 is 2.50 bits per heavy atom. The second-order valence-corrected chi connectivity index (χ2v) is 4.87. The maximum Gasteiger partial charge on any atom is 0.126 e. The van der Waals surface area contributed by atoms with Gasteiger partial charge in [-0.1, -0.05) is 0 Å². The molecule has 5 heteroatoms. The summed E-state index contributed by atoms with van der Waals surface area (Å²) in [6.45, 7) is 3.20. The molecule has 1 saturated heterocycles. The highest BCUT2D eigenvalue weighted by Gasteiger charge is 2.14. The van der Waals surface area contributed by atoms with E-state index in [2.05, 4.69) is 0 Å². The fourth-order valence-corrected chi connectivity index (χ4v) is 2.09. The van der Waals surface area contributed by atoms with Crippen LogP contribution in [0.25, 0.3) is 0 Å². The van der Waals surface area contributed by atoms with Crippen molar-refractivity contribution in [2.24, 2.45) is 5.92 Å². The van der Waals surface area contributed by atoms with Crippen LogP contribution in [0.2, 0.25) is 0 Å². The van der Waals surface area contributed by atoms with Gasteiger partial charge < -0.3 is 24.1 Å². The van der Waals surface area contributed by atoms with Crippen molar-refractivity contribution in [1.29, 1.82) is 0 Å². The fourth-order valence-electron chi connectivity index (χ4n) is 2.09. The molecule has 0 saturated carbocycles. The van der Waals surface area contributed by atoms with Crippen molar-refractivity contribution in [2.45, 2.75) is 12.8 Å². The Morgan fingerprint density at radius 2 is 1.80 bits per heavy atom. The number of methoxy groups -OCH3 is 1. The lowest BCUT2D eigenvalue weighted by molar-refractivity contribution is 0.0496. The number of phenolic OH excluding ortho intramolecular Hbond substituents is 1. The van der Waals surface area contributed by atoms with E-state index in [0.717, 1.165) is 26.1 Å². The number of phenols is 1. The number of ether oxygens (including phenoxy) is 4. The Labute approximate surface area is 119 Å². The quantitative estimate of drug-likeness (QED) is 0.777. The first-order valence-corrected chi connectivity index (χ1v) is 6.94. The molecule has 0 bridgehead atoms. The molecule has 1 fully saturated rings. The molecule has 0 spiro atoms. The average Bonchev–Trinajstić information content (AvgIpc) is 2.46. The number of benzene rings is 1. The van der Waals surface area contributed by atoms with E-state index < -0.39 is 0 Å². The van der Waals surface area contributed by atoms with E-state index in [0.29, 0.717) is 37.2 Å². The van der Waals surface area contributed by atoms with E-state index >= 15 is 0 Å². The lowest BCUT2D eigenvalue weighted by Gasteiger charge is -2.22. The van der Waals surface area contributed by atoms with Crippen LogP contribution >= 0.6 is 0 Å². The molecular formula is C15H22O5. The molecular weight excluding hydrogens is 260 g/mol. The van der Waals surface area contributed by atoms with Crippen molar-refractivity contribution in [3.8, 4) is 17.2 Å². The molecule has 1 N–H and O–H groups in total. The molecule has 1 aliphatic heterocycles. The summed E-state index contributed by atoms with van der Waals surface area (Å²) in [5.74, 6) is 1.87. The molecule has 0 radical (unpaired) electrons. The highest BCUT2D eigenvalue weighted by molar-refractivity contribution is 5.41. The maximum atomic E-state index is 9.68. The number of rotatable bonds is 7. The Bertz CT molecular complexity index is 401. The summed E-state index contributed by atoms with van der Waals surface area (Å²) in [7, 11) is 1.62. The standard InChI is InChI=1S/C15H22O5/c1-17-6-7-19-14-8-13(16)9-15(10-14)20-11-12-2-4-18-5-3-12/h8-10,12,16H,2-7,11H2,1H3. The number of hydrogen-bond donors (Lipinski definition) is 1. The summed E-state index contributed by atoms with van der Waals surface area (Å²) in [5.41, 5.74) is 0. The van der Waals surface area contributed by atoms with Gasteiger partial charge in [0.1, 0.15) is 23.9 Å². The van der Waals surface area contributed by atoms with Gasteiger partial charge in [0.2, 0.25) is 0 Å². The Kier molecular flexibility index (Phi) is 5.95. The molecule has 0 aliphatic carbocycles. The molecule has 1 heterocycles. The zero-order chi connectivity index (χ0) is 14.2. The lowest BCUT2D eigenvalue weighted by Crippen LogP contribution is -2.21. The zero-order valence-electron chi connectivity index (χ0n) is 11.8. The summed E-state index contributed by atoms with van der Waals surface area (Å²) in [6, 6.07) is 4.95. The minimum absolute atomic E-state index is 0.141. The van der Waals surface area contributed by atoms with Crippen LogP contribution in [-0.4, -0.2) is 45.3 Å². The van der Waals surface area contributed by atoms with Gasteiger partial charge in [0.15, 0.2) is 0 Å². The van der Waals surface area contributed by atoms with Crippen LogP contribution in [0.15, 0.2) is 18.2 Å². The first-order valence-electron chi connectivity index (χ1n) is 6.94. The minimum atomic E-state index is 0.141. The summed E-state index contributed by atoms with van der Waals surface area (Å²) in [5, 5.41) is 9.68. The zero-order valence-corrected chi connectivity index (χ0v) is 11.8. The Hall–Kier alpha value is -1.46. The summed E-state index contributed by atoms with van der Waals surface area (Å²) >= 11 is 0. The van der Waals surface area contributed by atoms with E-state index in [1.54, 1.807) is 25.3 Å². The molecule has 0 aromatic heterocycles. The largest absolute Gasteiger partial charge is 0.508 e. The summed E-state index contributed by atoms with van der Waals surface area (Å²) in [6.07, 6.45) is 2.05. The van der Waals surface area contributed by atoms with Crippen LogP contribution in [0.4, 0.5) is 0 Å². The SMILES string of the molecule is COCCOc1cc(O)cc(OCC2CCOCC2)c1. The van der Waals surface area contributed by atoms with Gasteiger partial charge in [-0.2, -0.15) is 0 Å². The van der Waals surface area contributed by atoms with E-state index in [-0.39, 0.29) is 5.75 Å². The number of aromatic hydroxyl groups is 1. The fraction of sp³-hybridized carbons (Fsp3) is 0.600. The Balaban J connectivity index is 1.86. The second kappa shape index (κ2) is 7.97. The van der Waals surface area contributed by atoms with E-state index in [9.17, 15) is 5.11 Å². The van der Waals surface area contributed by atoms with Gasteiger partial charge in [-0.25, -0.2) is 0 Å². The third-order valence-corrected chi connectivity index (χ3v) is 3.25. The van der Waals surface area contributed by atoms with Crippen molar-refractivity contribution in [1.82, 2.24) is 0 Å². The highest BCUT2D eigenvalue weighted by atomic mass is 16.5. The van der Waals surface area contributed by atoms with Gasteiger partial charge in [0.05, 0.1) is 13.2 Å². The normalized spacial score (nSPS) is 16.1. The van der Waals surface area contributed by atoms with Gasteiger partial charge >= 0.3 is 0 Å². The molecule has 5 nitrogen and oxygen atoms in total. The van der Waals surface area contributed by atoms with Crippen molar-refractivity contribution < 1.29 is 24.1 Å². The lowest BCUT2D eigenvalue weighted by atomic mass is 10.0. The third kappa shape index (κ3) is 4.90. The monoisotopic (exact) mass is 282 g/mol. The van der Waals surface area contributed by atoms with Gasteiger partial charge in [-0.15, -0.1) is 0 Å². The minimum Gasteiger partial charge on any atom is -0.508 e. The number of hydrogen-bond acceptors (Lipinski definition) is 5. The van der Waals surface area contributed by atoms with E-state index in [4.69, 9.17) is 18.9 Å². The summed E-state index contributed by atoms with van der Waals surface area (Å²) in [4.78, 5) is 0. The second-order valence-electron chi connectivity index (χ2n) is 4.87. The Morgan fingerprint density at radius 1 is 1.10 bits per heavy atom. The average molecular weight is 282 g/mol. The topological polar surface area (TPSA) is 57.2 Å². The predicted octanol–water partition coefficient (Wildman–Crippen LogP) is 2.22. The molecule has 2 rings (SSSR count). The molecule has 0 unspecified atom stereocenters.